The first-order chi connectivity index (χ1) is 11.1. The van der Waals surface area contributed by atoms with Gasteiger partial charge in [0.2, 0.25) is 5.91 Å². The number of nitrogens with one attached hydrogen (secondary N) is 1. The van der Waals surface area contributed by atoms with E-state index < -0.39 is 11.0 Å². The first-order valence-corrected chi connectivity index (χ1v) is 8.84. The van der Waals surface area contributed by atoms with Crippen LogP contribution in [0.15, 0.2) is 24.3 Å². The molecular formula is C15H22N4O3S. The van der Waals surface area contributed by atoms with Crippen molar-refractivity contribution in [2.24, 2.45) is 5.73 Å². The quantitative estimate of drug-likeness (QED) is 0.427. The Kier molecular flexibility index (Phi) is 6.66. The molecule has 7 nitrogen and oxygen atoms in total. The van der Waals surface area contributed by atoms with Gasteiger partial charge in [0, 0.05) is 36.7 Å². The van der Waals surface area contributed by atoms with Gasteiger partial charge in [-0.1, -0.05) is 0 Å². The first kappa shape index (κ1) is 17.6. The lowest BCUT2D eigenvalue weighted by Gasteiger charge is -2.19. The number of carbonyl (C=O) groups is 1. The molecule has 1 aliphatic rings. The Morgan fingerprint density at radius 3 is 2.74 bits per heavy atom. The van der Waals surface area contributed by atoms with Crippen molar-refractivity contribution in [2.75, 3.05) is 30.0 Å². The zero-order valence-electron chi connectivity index (χ0n) is 12.9. The highest BCUT2D eigenvalue weighted by Gasteiger charge is 2.23. The van der Waals surface area contributed by atoms with Gasteiger partial charge in [0.15, 0.2) is 0 Å². The van der Waals surface area contributed by atoms with Crippen molar-refractivity contribution >= 4 is 29.0 Å². The van der Waals surface area contributed by atoms with E-state index in [1.807, 2.05) is 4.90 Å². The number of amides is 1. The molecule has 0 aromatic heterocycles. The molecule has 3 N–H and O–H groups in total. The minimum absolute atomic E-state index is 0.0540. The van der Waals surface area contributed by atoms with Gasteiger partial charge >= 0.3 is 0 Å². The number of nitro groups is 1. The van der Waals surface area contributed by atoms with E-state index in [0.717, 1.165) is 43.2 Å². The Morgan fingerprint density at radius 1 is 1.39 bits per heavy atom. The molecule has 1 amide bonds. The zero-order valence-corrected chi connectivity index (χ0v) is 13.8. The number of carbonyl (C=O) groups excluding carboxylic acids is 1. The second-order valence-corrected chi connectivity index (χ2v) is 6.55. The SMILES string of the molecule is N[C@@H](CCCCNc1ccc([N+](=O)[O-])cc1)C(=O)N1CCSC1. The van der Waals surface area contributed by atoms with Crippen LogP contribution in [0.1, 0.15) is 19.3 Å². The van der Waals surface area contributed by atoms with Crippen LogP contribution < -0.4 is 11.1 Å². The van der Waals surface area contributed by atoms with Gasteiger partial charge < -0.3 is 16.0 Å². The molecule has 126 valence electrons. The van der Waals surface area contributed by atoms with Crippen molar-refractivity contribution in [3.8, 4) is 0 Å². The number of non-ortho nitro benzene ring substituents is 1. The molecule has 1 saturated heterocycles. The second kappa shape index (κ2) is 8.73. The van der Waals surface area contributed by atoms with E-state index in [1.54, 1.807) is 23.9 Å². The summed E-state index contributed by atoms with van der Waals surface area (Å²) in [5.74, 6) is 1.81. The van der Waals surface area contributed by atoms with Gasteiger partial charge in [-0.3, -0.25) is 14.9 Å². The third-order valence-corrected chi connectivity index (χ3v) is 4.70. The predicted molar refractivity (Wildman–Crippen MR) is 92.5 cm³/mol. The number of rotatable bonds is 8. The van der Waals surface area contributed by atoms with E-state index in [1.165, 1.54) is 12.1 Å². The minimum atomic E-state index is -0.416. The van der Waals surface area contributed by atoms with Crippen LogP contribution in [0.3, 0.4) is 0 Å². The molecule has 1 aromatic rings. The lowest BCUT2D eigenvalue weighted by atomic mass is 10.1. The van der Waals surface area contributed by atoms with Crippen molar-refractivity contribution < 1.29 is 9.72 Å². The Labute approximate surface area is 139 Å². The molecular weight excluding hydrogens is 316 g/mol. The Morgan fingerprint density at radius 2 is 2.13 bits per heavy atom. The van der Waals surface area contributed by atoms with Gasteiger partial charge in [-0.25, -0.2) is 0 Å². The van der Waals surface area contributed by atoms with Gasteiger partial charge in [0.25, 0.3) is 5.69 Å². The van der Waals surface area contributed by atoms with Crippen molar-refractivity contribution in [3.05, 3.63) is 34.4 Å². The topological polar surface area (TPSA) is 101 Å². The number of unbranched alkanes of at least 4 members (excludes halogenated alkanes) is 1. The molecule has 1 heterocycles. The summed E-state index contributed by atoms with van der Waals surface area (Å²) < 4.78 is 0. The zero-order chi connectivity index (χ0) is 16.7. The highest BCUT2D eigenvalue weighted by Crippen LogP contribution is 2.16. The van der Waals surface area contributed by atoms with E-state index in [4.69, 9.17) is 5.73 Å². The molecule has 1 aliphatic heterocycles. The molecule has 1 atom stereocenters. The smallest absolute Gasteiger partial charge is 0.269 e. The van der Waals surface area contributed by atoms with Crippen LogP contribution in [0.2, 0.25) is 0 Å². The average molecular weight is 338 g/mol. The van der Waals surface area contributed by atoms with Crippen molar-refractivity contribution in [1.29, 1.82) is 0 Å². The van der Waals surface area contributed by atoms with Crippen LogP contribution in [0.25, 0.3) is 0 Å². The largest absolute Gasteiger partial charge is 0.385 e. The fourth-order valence-electron chi connectivity index (χ4n) is 2.37. The summed E-state index contributed by atoms with van der Waals surface area (Å²) in [5.41, 5.74) is 6.89. The molecule has 8 heteroatoms. The fraction of sp³-hybridized carbons (Fsp3) is 0.533. The number of hydrogen-bond donors (Lipinski definition) is 2. The van der Waals surface area contributed by atoms with Crippen molar-refractivity contribution in [2.45, 2.75) is 25.3 Å². The number of nitro benzene ring substituents is 1. The van der Waals surface area contributed by atoms with Crippen LogP contribution >= 0.6 is 11.8 Å². The maximum absolute atomic E-state index is 12.0. The van der Waals surface area contributed by atoms with E-state index >= 15 is 0 Å². The molecule has 1 fully saturated rings. The molecule has 0 radical (unpaired) electrons. The molecule has 0 unspecified atom stereocenters. The van der Waals surface area contributed by atoms with Gasteiger partial charge in [0.05, 0.1) is 16.8 Å². The van der Waals surface area contributed by atoms with Crippen LogP contribution in [0.4, 0.5) is 11.4 Å². The number of benzene rings is 1. The van der Waals surface area contributed by atoms with Crippen LogP contribution in [0.5, 0.6) is 0 Å². The Balaban J connectivity index is 1.61. The monoisotopic (exact) mass is 338 g/mol. The molecule has 0 spiro atoms. The van der Waals surface area contributed by atoms with E-state index in [2.05, 4.69) is 5.32 Å². The number of nitrogens with zero attached hydrogens (tertiary/aromatic N) is 2. The second-order valence-electron chi connectivity index (χ2n) is 5.47. The molecule has 2 rings (SSSR count). The number of anilines is 1. The normalized spacial score (nSPS) is 15.4. The summed E-state index contributed by atoms with van der Waals surface area (Å²) in [5, 5.41) is 13.8. The summed E-state index contributed by atoms with van der Waals surface area (Å²) in [6, 6.07) is 5.93. The molecule has 0 bridgehead atoms. The molecule has 0 aliphatic carbocycles. The van der Waals surface area contributed by atoms with Gasteiger partial charge in [-0.2, -0.15) is 0 Å². The van der Waals surface area contributed by atoms with Crippen LogP contribution in [0, 0.1) is 10.1 Å². The molecule has 0 saturated carbocycles. The third kappa shape index (κ3) is 5.40. The van der Waals surface area contributed by atoms with Gasteiger partial charge in [0.1, 0.15) is 0 Å². The fourth-order valence-corrected chi connectivity index (χ4v) is 3.32. The Hall–Kier alpha value is -1.80. The van der Waals surface area contributed by atoms with Crippen molar-refractivity contribution in [3.63, 3.8) is 0 Å². The highest BCUT2D eigenvalue weighted by molar-refractivity contribution is 7.99. The summed E-state index contributed by atoms with van der Waals surface area (Å²) in [7, 11) is 0. The van der Waals surface area contributed by atoms with Crippen LogP contribution in [-0.4, -0.2) is 46.5 Å². The lowest BCUT2D eigenvalue weighted by Crippen LogP contribution is -2.42. The van der Waals surface area contributed by atoms with Gasteiger partial charge in [-0.05, 0) is 31.4 Å². The molecule has 23 heavy (non-hydrogen) atoms. The maximum atomic E-state index is 12.0. The van der Waals surface area contributed by atoms with E-state index in [-0.39, 0.29) is 11.6 Å². The summed E-state index contributed by atoms with van der Waals surface area (Å²) >= 11 is 1.76. The van der Waals surface area contributed by atoms with E-state index in [0.29, 0.717) is 6.42 Å². The maximum Gasteiger partial charge on any atom is 0.269 e. The number of thioether (sulfide) groups is 1. The standard InChI is InChI=1S/C15H22N4O3S/c16-14(15(20)18-9-10-23-11-18)3-1-2-8-17-12-4-6-13(7-5-12)19(21)22/h4-7,14,17H,1-3,8-11,16H2/t14-/m0/s1. The highest BCUT2D eigenvalue weighted by atomic mass is 32.2. The van der Waals surface area contributed by atoms with E-state index in [9.17, 15) is 14.9 Å². The summed E-state index contributed by atoms with van der Waals surface area (Å²) in [6.07, 6.45) is 2.45. The summed E-state index contributed by atoms with van der Waals surface area (Å²) in [6.45, 7) is 1.55. The average Bonchev–Trinajstić information content (AvgIpc) is 3.08. The lowest BCUT2D eigenvalue weighted by molar-refractivity contribution is -0.384. The van der Waals surface area contributed by atoms with Crippen LogP contribution in [-0.2, 0) is 4.79 Å². The minimum Gasteiger partial charge on any atom is -0.385 e. The Bertz CT molecular complexity index is 532. The molecule has 1 aromatic carbocycles. The summed E-state index contributed by atoms with van der Waals surface area (Å²) in [4.78, 5) is 24.0. The first-order valence-electron chi connectivity index (χ1n) is 7.68. The number of nitrogens with two attached hydrogens (primary N) is 1. The third-order valence-electron chi connectivity index (χ3n) is 3.73. The predicted octanol–water partition coefficient (Wildman–Crippen LogP) is 2.04. The van der Waals surface area contributed by atoms with Crippen molar-refractivity contribution in [1.82, 2.24) is 4.90 Å². The number of hydrogen-bond acceptors (Lipinski definition) is 6. The van der Waals surface area contributed by atoms with Gasteiger partial charge in [-0.15, -0.1) is 11.8 Å².